The Bertz CT molecular complexity index is 194. The first-order valence-electron chi connectivity index (χ1n) is 5.66. The molecule has 0 aromatic heterocycles. The molecule has 1 saturated carbocycles. The first-order chi connectivity index (χ1) is 6.63. The molecule has 1 rings (SSSR count). The molecule has 1 aliphatic carbocycles. The van der Waals surface area contributed by atoms with E-state index in [-0.39, 0.29) is 11.9 Å². The van der Waals surface area contributed by atoms with Crippen LogP contribution in [0.15, 0.2) is 0 Å². The second kappa shape index (κ2) is 5.35. The molecule has 0 aromatic rings. The van der Waals surface area contributed by atoms with Gasteiger partial charge in [-0.2, -0.15) is 0 Å². The zero-order valence-electron chi connectivity index (χ0n) is 9.25. The Morgan fingerprint density at radius 1 is 1.57 bits per heavy atom. The van der Waals surface area contributed by atoms with Crippen LogP contribution in [0.1, 0.15) is 39.5 Å². The van der Waals surface area contributed by atoms with Crippen LogP contribution in [0.5, 0.6) is 0 Å². The minimum absolute atomic E-state index is 0.00653. The zero-order valence-corrected chi connectivity index (χ0v) is 9.25. The van der Waals surface area contributed by atoms with Gasteiger partial charge in [-0.1, -0.05) is 20.3 Å². The highest BCUT2D eigenvalue weighted by molar-refractivity contribution is 5.81. The van der Waals surface area contributed by atoms with E-state index in [4.69, 9.17) is 5.73 Å². The standard InChI is InChI=1S/C11H22N2O/c1-3-10(12)11(14)13-7-9-5-4-8(2)6-9/h8-10H,3-7,12H2,1-2H3,(H,13,14)/t8?,9?,10-/m1/s1. The van der Waals surface area contributed by atoms with Crippen LogP contribution in [-0.2, 0) is 4.79 Å². The minimum Gasteiger partial charge on any atom is -0.354 e. The molecule has 3 heteroatoms. The third kappa shape index (κ3) is 3.29. The molecule has 0 saturated heterocycles. The van der Waals surface area contributed by atoms with Crippen LogP contribution >= 0.6 is 0 Å². The molecule has 3 N–H and O–H groups in total. The summed E-state index contributed by atoms with van der Waals surface area (Å²) in [7, 11) is 0. The molecule has 0 aliphatic heterocycles. The van der Waals surface area contributed by atoms with Gasteiger partial charge in [-0.05, 0) is 31.1 Å². The van der Waals surface area contributed by atoms with Gasteiger partial charge in [0.05, 0.1) is 6.04 Å². The van der Waals surface area contributed by atoms with Crippen LogP contribution < -0.4 is 11.1 Å². The second-order valence-electron chi connectivity index (χ2n) is 4.54. The maximum atomic E-state index is 11.4. The average molecular weight is 198 g/mol. The van der Waals surface area contributed by atoms with Gasteiger partial charge in [-0.25, -0.2) is 0 Å². The lowest BCUT2D eigenvalue weighted by Crippen LogP contribution is -2.41. The van der Waals surface area contributed by atoms with Crippen molar-refractivity contribution >= 4 is 5.91 Å². The Labute approximate surface area is 86.4 Å². The molecule has 3 atom stereocenters. The van der Waals surface area contributed by atoms with Crippen molar-refractivity contribution in [3.05, 3.63) is 0 Å². The lowest BCUT2D eigenvalue weighted by Gasteiger charge is -2.13. The summed E-state index contributed by atoms with van der Waals surface area (Å²) in [5, 5.41) is 2.93. The van der Waals surface area contributed by atoms with Crippen LogP contribution in [-0.4, -0.2) is 18.5 Å². The monoisotopic (exact) mass is 198 g/mol. The fourth-order valence-electron chi connectivity index (χ4n) is 2.07. The van der Waals surface area contributed by atoms with E-state index >= 15 is 0 Å². The third-order valence-corrected chi connectivity index (χ3v) is 3.14. The fourth-order valence-corrected chi connectivity index (χ4v) is 2.07. The summed E-state index contributed by atoms with van der Waals surface area (Å²) in [6, 6.07) is -0.325. The Kier molecular flexibility index (Phi) is 4.39. The molecule has 0 bridgehead atoms. The number of hydrogen-bond acceptors (Lipinski definition) is 2. The summed E-state index contributed by atoms with van der Waals surface area (Å²) in [5.41, 5.74) is 5.62. The Hall–Kier alpha value is -0.570. The largest absolute Gasteiger partial charge is 0.354 e. The minimum atomic E-state index is -0.325. The van der Waals surface area contributed by atoms with E-state index in [0.29, 0.717) is 12.3 Å². The Balaban J connectivity index is 2.17. The van der Waals surface area contributed by atoms with Gasteiger partial charge in [0.2, 0.25) is 5.91 Å². The summed E-state index contributed by atoms with van der Waals surface area (Å²) in [5.74, 6) is 1.52. The quantitative estimate of drug-likeness (QED) is 0.715. The summed E-state index contributed by atoms with van der Waals surface area (Å²) >= 11 is 0. The highest BCUT2D eigenvalue weighted by Crippen LogP contribution is 2.29. The number of amides is 1. The van der Waals surface area contributed by atoms with Gasteiger partial charge in [-0.15, -0.1) is 0 Å². The highest BCUT2D eigenvalue weighted by Gasteiger charge is 2.22. The summed E-state index contributed by atoms with van der Waals surface area (Å²) in [4.78, 5) is 11.4. The number of carbonyl (C=O) groups is 1. The fraction of sp³-hybridized carbons (Fsp3) is 0.909. The molecule has 3 nitrogen and oxygen atoms in total. The summed E-state index contributed by atoms with van der Waals surface area (Å²) < 4.78 is 0. The molecule has 14 heavy (non-hydrogen) atoms. The van der Waals surface area contributed by atoms with Crippen LogP contribution in [0.25, 0.3) is 0 Å². The van der Waals surface area contributed by atoms with Crippen molar-refractivity contribution in [2.75, 3.05) is 6.54 Å². The van der Waals surface area contributed by atoms with Gasteiger partial charge in [-0.3, -0.25) is 4.79 Å². The molecule has 0 spiro atoms. The van der Waals surface area contributed by atoms with E-state index in [0.717, 1.165) is 12.5 Å². The lowest BCUT2D eigenvalue weighted by molar-refractivity contribution is -0.122. The van der Waals surface area contributed by atoms with Gasteiger partial charge in [0.25, 0.3) is 0 Å². The predicted octanol–water partition coefficient (Wildman–Crippen LogP) is 1.28. The molecule has 1 amide bonds. The molecule has 82 valence electrons. The molecule has 1 aliphatic rings. The first-order valence-corrected chi connectivity index (χ1v) is 5.66. The molecule has 0 heterocycles. The molecule has 0 radical (unpaired) electrons. The van der Waals surface area contributed by atoms with Crippen LogP contribution in [0, 0.1) is 11.8 Å². The maximum Gasteiger partial charge on any atom is 0.236 e. The van der Waals surface area contributed by atoms with Crippen molar-refractivity contribution in [2.24, 2.45) is 17.6 Å². The summed E-state index contributed by atoms with van der Waals surface area (Å²) in [6.07, 6.45) is 4.53. The van der Waals surface area contributed by atoms with Gasteiger partial charge in [0.15, 0.2) is 0 Å². The normalized spacial score (nSPS) is 28.8. The van der Waals surface area contributed by atoms with E-state index in [1.807, 2.05) is 6.92 Å². The van der Waals surface area contributed by atoms with Crippen molar-refractivity contribution in [2.45, 2.75) is 45.6 Å². The third-order valence-electron chi connectivity index (χ3n) is 3.14. The average Bonchev–Trinajstić information content (AvgIpc) is 2.59. The van der Waals surface area contributed by atoms with Crippen molar-refractivity contribution < 1.29 is 4.79 Å². The number of nitrogens with two attached hydrogens (primary N) is 1. The maximum absolute atomic E-state index is 11.4. The van der Waals surface area contributed by atoms with Crippen molar-refractivity contribution in [3.8, 4) is 0 Å². The van der Waals surface area contributed by atoms with E-state index in [1.165, 1.54) is 19.3 Å². The van der Waals surface area contributed by atoms with Crippen LogP contribution in [0.4, 0.5) is 0 Å². The molecule has 0 aromatic carbocycles. The van der Waals surface area contributed by atoms with Crippen molar-refractivity contribution in [3.63, 3.8) is 0 Å². The van der Waals surface area contributed by atoms with Gasteiger partial charge in [0, 0.05) is 6.54 Å². The SMILES string of the molecule is CC[C@@H](N)C(=O)NCC1CCC(C)C1. The lowest BCUT2D eigenvalue weighted by atomic mass is 10.1. The van der Waals surface area contributed by atoms with Crippen molar-refractivity contribution in [1.82, 2.24) is 5.32 Å². The van der Waals surface area contributed by atoms with Gasteiger partial charge >= 0.3 is 0 Å². The number of hydrogen-bond donors (Lipinski definition) is 2. The topological polar surface area (TPSA) is 55.1 Å². The number of rotatable bonds is 4. The van der Waals surface area contributed by atoms with Crippen LogP contribution in [0.3, 0.4) is 0 Å². The number of nitrogens with one attached hydrogen (secondary N) is 1. The highest BCUT2D eigenvalue weighted by atomic mass is 16.2. The van der Waals surface area contributed by atoms with Gasteiger partial charge in [0.1, 0.15) is 0 Å². The molecule has 2 unspecified atom stereocenters. The Morgan fingerprint density at radius 2 is 2.29 bits per heavy atom. The zero-order chi connectivity index (χ0) is 10.6. The predicted molar refractivity (Wildman–Crippen MR) is 57.8 cm³/mol. The second-order valence-corrected chi connectivity index (χ2v) is 4.54. The Morgan fingerprint density at radius 3 is 2.79 bits per heavy atom. The van der Waals surface area contributed by atoms with E-state index in [2.05, 4.69) is 12.2 Å². The smallest absolute Gasteiger partial charge is 0.236 e. The summed E-state index contributed by atoms with van der Waals surface area (Å²) in [6.45, 7) is 5.03. The van der Waals surface area contributed by atoms with Crippen molar-refractivity contribution in [1.29, 1.82) is 0 Å². The van der Waals surface area contributed by atoms with E-state index in [1.54, 1.807) is 0 Å². The molecular weight excluding hydrogens is 176 g/mol. The van der Waals surface area contributed by atoms with Gasteiger partial charge < -0.3 is 11.1 Å². The van der Waals surface area contributed by atoms with E-state index < -0.39 is 0 Å². The van der Waals surface area contributed by atoms with E-state index in [9.17, 15) is 4.79 Å². The molecule has 1 fully saturated rings. The number of carbonyl (C=O) groups excluding carboxylic acids is 1. The first kappa shape index (κ1) is 11.5. The van der Waals surface area contributed by atoms with Crippen LogP contribution in [0.2, 0.25) is 0 Å². The molecular formula is C11H22N2O.